The van der Waals surface area contributed by atoms with E-state index in [1.807, 2.05) is 17.5 Å². The van der Waals surface area contributed by atoms with Gasteiger partial charge in [-0.05, 0) is 17.5 Å². The number of carbonyl (C=O) groups excluding carboxylic acids is 2. The lowest BCUT2D eigenvalue weighted by Crippen LogP contribution is -2.36. The van der Waals surface area contributed by atoms with Crippen LogP contribution in [-0.2, 0) is 14.3 Å². The number of rotatable bonds is 3. The summed E-state index contributed by atoms with van der Waals surface area (Å²) < 4.78 is 4.74. The zero-order valence-electron chi connectivity index (χ0n) is 8.51. The van der Waals surface area contributed by atoms with E-state index in [2.05, 4.69) is 5.32 Å². The van der Waals surface area contributed by atoms with Crippen LogP contribution >= 0.6 is 11.3 Å². The number of cyclic esters (lactones) is 1. The first-order chi connectivity index (χ1) is 7.75. The molecule has 1 atom stereocenters. The van der Waals surface area contributed by atoms with Crippen LogP contribution in [0.15, 0.2) is 23.6 Å². The Morgan fingerprint density at radius 1 is 1.62 bits per heavy atom. The lowest BCUT2D eigenvalue weighted by atomic mass is 10.2. The predicted octanol–water partition coefficient (Wildman–Crippen LogP) is 1.19. The van der Waals surface area contributed by atoms with Crippen LogP contribution in [0.4, 0.5) is 0 Å². The molecule has 1 aromatic rings. The molecule has 2 rings (SSSR count). The third-order valence-corrected chi connectivity index (χ3v) is 3.03. The second-order valence-electron chi connectivity index (χ2n) is 3.37. The van der Waals surface area contributed by atoms with Gasteiger partial charge in [0.15, 0.2) is 0 Å². The SMILES string of the molecule is O=C(/C=C/c1cccs1)N[C@H]1CCOC1=O. The van der Waals surface area contributed by atoms with Gasteiger partial charge in [-0.1, -0.05) is 6.07 Å². The van der Waals surface area contributed by atoms with Gasteiger partial charge >= 0.3 is 5.97 Å². The summed E-state index contributed by atoms with van der Waals surface area (Å²) in [6.07, 6.45) is 3.70. The number of thiophene rings is 1. The molecule has 2 heterocycles. The minimum atomic E-state index is -0.486. The molecule has 5 heteroatoms. The Hall–Kier alpha value is -1.62. The van der Waals surface area contributed by atoms with Gasteiger partial charge in [-0.2, -0.15) is 0 Å². The number of hydrogen-bond donors (Lipinski definition) is 1. The molecule has 0 saturated carbocycles. The van der Waals surface area contributed by atoms with Crippen molar-refractivity contribution in [3.05, 3.63) is 28.5 Å². The average molecular weight is 237 g/mol. The summed E-state index contributed by atoms with van der Waals surface area (Å²) in [5.41, 5.74) is 0. The van der Waals surface area contributed by atoms with Crippen LogP contribution in [0.1, 0.15) is 11.3 Å². The van der Waals surface area contributed by atoms with Crippen LogP contribution in [0.3, 0.4) is 0 Å². The molecule has 4 nitrogen and oxygen atoms in total. The van der Waals surface area contributed by atoms with Gasteiger partial charge < -0.3 is 10.1 Å². The van der Waals surface area contributed by atoms with E-state index in [9.17, 15) is 9.59 Å². The number of ether oxygens (including phenoxy) is 1. The fourth-order valence-corrected chi connectivity index (χ4v) is 2.01. The Bertz CT molecular complexity index is 411. The number of esters is 1. The smallest absolute Gasteiger partial charge is 0.328 e. The summed E-state index contributed by atoms with van der Waals surface area (Å²) >= 11 is 1.55. The molecule has 0 aliphatic carbocycles. The third-order valence-electron chi connectivity index (χ3n) is 2.19. The van der Waals surface area contributed by atoms with E-state index >= 15 is 0 Å². The van der Waals surface area contributed by atoms with Crippen molar-refractivity contribution >= 4 is 29.3 Å². The molecule has 1 aliphatic heterocycles. The average Bonchev–Trinajstić information content (AvgIpc) is 2.88. The number of amides is 1. The molecule has 0 aromatic carbocycles. The van der Waals surface area contributed by atoms with E-state index in [1.54, 1.807) is 17.4 Å². The van der Waals surface area contributed by atoms with Crippen molar-refractivity contribution in [2.45, 2.75) is 12.5 Å². The van der Waals surface area contributed by atoms with Crippen molar-refractivity contribution in [3.63, 3.8) is 0 Å². The van der Waals surface area contributed by atoms with Crippen LogP contribution in [0.25, 0.3) is 6.08 Å². The first kappa shape index (κ1) is 10.9. The maximum Gasteiger partial charge on any atom is 0.328 e. The second kappa shape index (κ2) is 4.94. The van der Waals surface area contributed by atoms with E-state index < -0.39 is 6.04 Å². The van der Waals surface area contributed by atoms with E-state index in [0.29, 0.717) is 13.0 Å². The standard InChI is InChI=1S/C11H11NO3S/c13-10(4-3-8-2-1-7-16-8)12-9-5-6-15-11(9)14/h1-4,7,9H,5-6H2,(H,12,13)/b4-3+/t9-/m0/s1. The first-order valence-corrected chi connectivity index (χ1v) is 5.82. The maximum atomic E-state index is 11.4. The van der Waals surface area contributed by atoms with Crippen LogP contribution in [0.2, 0.25) is 0 Å². The summed E-state index contributed by atoms with van der Waals surface area (Å²) in [6, 6.07) is 3.34. The fraction of sp³-hybridized carbons (Fsp3) is 0.273. The molecule has 1 aromatic heterocycles. The van der Waals surface area contributed by atoms with Crippen molar-refractivity contribution in [2.75, 3.05) is 6.61 Å². The molecule has 1 fully saturated rings. The molecule has 1 N–H and O–H groups in total. The largest absolute Gasteiger partial charge is 0.464 e. The minimum absolute atomic E-state index is 0.266. The van der Waals surface area contributed by atoms with Crippen molar-refractivity contribution in [1.82, 2.24) is 5.32 Å². The van der Waals surface area contributed by atoms with Gasteiger partial charge in [0.1, 0.15) is 6.04 Å². The van der Waals surface area contributed by atoms with Gasteiger partial charge in [-0.25, -0.2) is 4.79 Å². The van der Waals surface area contributed by atoms with E-state index in [-0.39, 0.29) is 11.9 Å². The van der Waals surface area contributed by atoms with Crippen molar-refractivity contribution in [2.24, 2.45) is 0 Å². The summed E-state index contributed by atoms with van der Waals surface area (Å²) in [7, 11) is 0. The fourth-order valence-electron chi connectivity index (χ4n) is 1.39. The van der Waals surface area contributed by atoms with Crippen molar-refractivity contribution in [3.8, 4) is 0 Å². The number of carbonyl (C=O) groups is 2. The summed E-state index contributed by atoms with van der Waals surface area (Å²) in [5.74, 6) is -0.616. The van der Waals surface area contributed by atoms with Gasteiger partial charge in [-0.15, -0.1) is 11.3 Å². The lowest BCUT2D eigenvalue weighted by molar-refractivity contribution is -0.140. The highest BCUT2D eigenvalue weighted by atomic mass is 32.1. The molecule has 0 radical (unpaired) electrons. The Labute approximate surface area is 96.9 Å². The molecule has 84 valence electrons. The molecule has 1 saturated heterocycles. The van der Waals surface area contributed by atoms with Gasteiger partial charge in [-0.3, -0.25) is 4.79 Å². The maximum absolute atomic E-state index is 11.4. The van der Waals surface area contributed by atoms with Gasteiger partial charge in [0.05, 0.1) is 6.61 Å². The van der Waals surface area contributed by atoms with Gasteiger partial charge in [0.2, 0.25) is 5.91 Å². The highest BCUT2D eigenvalue weighted by Crippen LogP contribution is 2.10. The number of hydrogen-bond acceptors (Lipinski definition) is 4. The predicted molar refractivity (Wildman–Crippen MR) is 60.9 cm³/mol. The van der Waals surface area contributed by atoms with E-state index in [1.165, 1.54) is 6.08 Å². The first-order valence-electron chi connectivity index (χ1n) is 4.94. The van der Waals surface area contributed by atoms with Crippen LogP contribution in [0.5, 0.6) is 0 Å². The quantitative estimate of drug-likeness (QED) is 0.634. The minimum Gasteiger partial charge on any atom is -0.464 e. The zero-order chi connectivity index (χ0) is 11.4. The Kier molecular flexibility index (Phi) is 3.36. The zero-order valence-corrected chi connectivity index (χ0v) is 9.33. The van der Waals surface area contributed by atoms with Crippen molar-refractivity contribution < 1.29 is 14.3 Å². The van der Waals surface area contributed by atoms with Crippen LogP contribution in [-0.4, -0.2) is 24.5 Å². The van der Waals surface area contributed by atoms with Crippen LogP contribution < -0.4 is 5.32 Å². The van der Waals surface area contributed by atoms with Crippen molar-refractivity contribution in [1.29, 1.82) is 0 Å². The molecule has 16 heavy (non-hydrogen) atoms. The third kappa shape index (κ3) is 2.70. The van der Waals surface area contributed by atoms with Gasteiger partial charge in [0, 0.05) is 17.4 Å². The van der Waals surface area contributed by atoms with Gasteiger partial charge in [0.25, 0.3) is 0 Å². The molecule has 0 unspecified atom stereocenters. The highest BCUT2D eigenvalue weighted by molar-refractivity contribution is 7.10. The molecular weight excluding hydrogens is 226 g/mol. The molecular formula is C11H11NO3S. The highest BCUT2D eigenvalue weighted by Gasteiger charge is 2.27. The normalized spacial score (nSPS) is 20.0. The molecule has 0 spiro atoms. The Morgan fingerprint density at radius 2 is 2.50 bits per heavy atom. The van der Waals surface area contributed by atoms with E-state index in [0.717, 1.165) is 4.88 Å². The van der Waals surface area contributed by atoms with Crippen LogP contribution in [0, 0.1) is 0 Å². The Morgan fingerprint density at radius 3 is 3.12 bits per heavy atom. The molecule has 1 amide bonds. The lowest BCUT2D eigenvalue weighted by Gasteiger charge is -2.05. The monoisotopic (exact) mass is 237 g/mol. The summed E-state index contributed by atoms with van der Waals surface area (Å²) in [6.45, 7) is 0.387. The van der Waals surface area contributed by atoms with E-state index in [4.69, 9.17) is 4.74 Å². The summed E-state index contributed by atoms with van der Waals surface area (Å²) in [4.78, 5) is 23.5. The molecule has 1 aliphatic rings. The molecule has 0 bridgehead atoms. The Balaban J connectivity index is 1.87. The number of nitrogens with one attached hydrogen (secondary N) is 1. The summed E-state index contributed by atoms with van der Waals surface area (Å²) in [5, 5.41) is 4.53. The topological polar surface area (TPSA) is 55.4 Å². The second-order valence-corrected chi connectivity index (χ2v) is 4.35.